The lowest BCUT2D eigenvalue weighted by atomic mass is 10.2. The fourth-order valence-corrected chi connectivity index (χ4v) is 3.09. The van der Waals surface area contributed by atoms with Gasteiger partial charge in [-0.1, -0.05) is 6.92 Å². The van der Waals surface area contributed by atoms with Crippen molar-refractivity contribution in [1.82, 2.24) is 14.5 Å². The van der Waals surface area contributed by atoms with Crippen molar-refractivity contribution in [3.63, 3.8) is 0 Å². The Labute approximate surface area is 115 Å². The number of nitrogen functional groups attached to an aromatic ring is 1. The first-order valence-corrected chi connectivity index (χ1v) is 7.20. The molecular weight excluding hydrogens is 256 g/mol. The maximum absolute atomic E-state index is 6.11. The summed E-state index contributed by atoms with van der Waals surface area (Å²) >= 11 is 1.60. The predicted molar refractivity (Wildman–Crippen MR) is 80.3 cm³/mol. The van der Waals surface area contributed by atoms with Gasteiger partial charge in [-0.2, -0.15) is 0 Å². The lowest BCUT2D eigenvalue weighted by Crippen LogP contribution is -2.01. The molecule has 0 atom stereocenters. The number of nitrogens with zero attached hydrogens (tertiary/aromatic N) is 3. The van der Waals surface area contributed by atoms with Gasteiger partial charge < -0.3 is 10.3 Å². The Hall–Kier alpha value is -1.88. The fourth-order valence-electron chi connectivity index (χ4n) is 2.31. The molecule has 0 aliphatic carbocycles. The van der Waals surface area contributed by atoms with Gasteiger partial charge in [-0.25, -0.2) is 9.97 Å². The summed E-state index contributed by atoms with van der Waals surface area (Å²) in [5, 5.41) is 0.824. The summed E-state index contributed by atoms with van der Waals surface area (Å²) in [6, 6.07) is 6.01. The summed E-state index contributed by atoms with van der Waals surface area (Å²) in [4.78, 5) is 10.4. The molecule has 5 heteroatoms. The van der Waals surface area contributed by atoms with Crippen LogP contribution in [0.15, 0.2) is 24.4 Å². The summed E-state index contributed by atoms with van der Waals surface area (Å²) in [5.41, 5.74) is 8.99. The first-order chi connectivity index (χ1) is 9.20. The van der Waals surface area contributed by atoms with Gasteiger partial charge in [0.25, 0.3) is 0 Å². The van der Waals surface area contributed by atoms with Crippen LogP contribution in [-0.2, 0) is 6.54 Å². The monoisotopic (exact) mass is 272 g/mol. The van der Waals surface area contributed by atoms with E-state index in [0.29, 0.717) is 0 Å². The van der Waals surface area contributed by atoms with Gasteiger partial charge in [-0.3, -0.25) is 0 Å². The van der Waals surface area contributed by atoms with Crippen LogP contribution in [0.4, 0.5) is 5.00 Å². The third kappa shape index (κ3) is 2.00. The summed E-state index contributed by atoms with van der Waals surface area (Å²) in [6.45, 7) is 5.12. The number of anilines is 1. The van der Waals surface area contributed by atoms with Crippen LogP contribution < -0.4 is 5.73 Å². The standard InChI is InChI=1S/C14H16N4S/c1-3-7-18-13(10-8-9(2)19-12(10)15)17-11-5-4-6-16-14(11)18/h4-6,8H,3,7,15H2,1-2H3. The van der Waals surface area contributed by atoms with E-state index in [1.165, 1.54) is 4.88 Å². The summed E-state index contributed by atoms with van der Waals surface area (Å²) in [7, 11) is 0. The molecule has 0 unspecified atom stereocenters. The normalized spacial score (nSPS) is 11.3. The minimum Gasteiger partial charge on any atom is -0.390 e. The molecule has 0 aliphatic rings. The number of hydrogen-bond donors (Lipinski definition) is 1. The van der Waals surface area contributed by atoms with Crippen molar-refractivity contribution in [2.24, 2.45) is 0 Å². The molecule has 3 aromatic heterocycles. The number of thiophene rings is 1. The molecule has 98 valence electrons. The van der Waals surface area contributed by atoms with Crippen LogP contribution in [0.3, 0.4) is 0 Å². The van der Waals surface area contributed by atoms with Gasteiger partial charge in [0, 0.05) is 17.6 Å². The molecule has 19 heavy (non-hydrogen) atoms. The van der Waals surface area contributed by atoms with Crippen molar-refractivity contribution in [2.75, 3.05) is 5.73 Å². The fraction of sp³-hybridized carbons (Fsp3) is 0.286. The number of pyridine rings is 1. The van der Waals surface area contributed by atoms with Gasteiger partial charge in [-0.15, -0.1) is 11.3 Å². The van der Waals surface area contributed by atoms with Crippen LogP contribution in [-0.4, -0.2) is 14.5 Å². The molecular formula is C14H16N4S. The van der Waals surface area contributed by atoms with Crippen LogP contribution in [0, 0.1) is 6.92 Å². The lowest BCUT2D eigenvalue weighted by molar-refractivity contribution is 0.699. The van der Waals surface area contributed by atoms with Gasteiger partial charge in [0.05, 0.1) is 10.6 Å². The van der Waals surface area contributed by atoms with E-state index in [2.05, 4.69) is 29.5 Å². The average molecular weight is 272 g/mol. The highest BCUT2D eigenvalue weighted by atomic mass is 32.1. The molecule has 3 aromatic rings. The molecule has 0 radical (unpaired) electrons. The van der Waals surface area contributed by atoms with Crippen molar-refractivity contribution < 1.29 is 0 Å². The molecule has 4 nitrogen and oxygen atoms in total. The molecule has 0 saturated carbocycles. The maximum Gasteiger partial charge on any atom is 0.160 e. The van der Waals surface area contributed by atoms with Crippen LogP contribution in [0.25, 0.3) is 22.6 Å². The van der Waals surface area contributed by atoms with Gasteiger partial charge >= 0.3 is 0 Å². The number of rotatable bonds is 3. The first kappa shape index (κ1) is 12.2. The molecule has 3 heterocycles. The second kappa shape index (κ2) is 4.66. The molecule has 0 bridgehead atoms. The van der Waals surface area contributed by atoms with E-state index >= 15 is 0 Å². The highest BCUT2D eigenvalue weighted by molar-refractivity contribution is 7.16. The molecule has 0 saturated heterocycles. The number of nitrogens with two attached hydrogens (primary N) is 1. The SMILES string of the molecule is CCCn1c(-c2cc(C)sc2N)nc2cccnc21. The minimum absolute atomic E-state index is 0.824. The minimum atomic E-state index is 0.824. The molecule has 2 N–H and O–H groups in total. The van der Waals surface area contributed by atoms with E-state index in [1.54, 1.807) is 11.3 Å². The second-order valence-corrected chi connectivity index (χ2v) is 5.86. The van der Waals surface area contributed by atoms with E-state index in [0.717, 1.165) is 40.5 Å². The number of aryl methyl sites for hydroxylation is 2. The van der Waals surface area contributed by atoms with E-state index < -0.39 is 0 Å². The average Bonchev–Trinajstić information content (AvgIpc) is 2.91. The zero-order valence-corrected chi connectivity index (χ0v) is 11.9. The number of fused-ring (bicyclic) bond motifs is 1. The van der Waals surface area contributed by atoms with Crippen LogP contribution in [0.1, 0.15) is 18.2 Å². The summed E-state index contributed by atoms with van der Waals surface area (Å²) < 4.78 is 2.16. The van der Waals surface area contributed by atoms with Gasteiger partial charge in [-0.05, 0) is 31.5 Å². The van der Waals surface area contributed by atoms with E-state index in [1.807, 2.05) is 18.3 Å². The molecule has 0 aromatic carbocycles. The Kier molecular flexibility index (Phi) is 2.98. The predicted octanol–water partition coefficient (Wildman–Crippen LogP) is 3.46. The van der Waals surface area contributed by atoms with Gasteiger partial charge in [0.1, 0.15) is 11.3 Å². The van der Waals surface area contributed by atoms with Gasteiger partial charge in [0.15, 0.2) is 5.65 Å². The zero-order valence-electron chi connectivity index (χ0n) is 11.1. The quantitative estimate of drug-likeness (QED) is 0.794. The second-order valence-electron chi connectivity index (χ2n) is 4.57. The van der Waals surface area contributed by atoms with E-state index in [-0.39, 0.29) is 0 Å². The smallest absolute Gasteiger partial charge is 0.160 e. The number of imidazole rings is 1. The highest BCUT2D eigenvalue weighted by Gasteiger charge is 2.16. The maximum atomic E-state index is 6.11. The van der Waals surface area contributed by atoms with Gasteiger partial charge in [0.2, 0.25) is 0 Å². The van der Waals surface area contributed by atoms with Crippen LogP contribution in [0.2, 0.25) is 0 Å². The highest BCUT2D eigenvalue weighted by Crippen LogP contribution is 2.34. The summed E-state index contributed by atoms with van der Waals surface area (Å²) in [6.07, 6.45) is 2.85. The molecule has 0 amide bonds. The van der Waals surface area contributed by atoms with Crippen LogP contribution in [0.5, 0.6) is 0 Å². The number of aromatic nitrogens is 3. The van der Waals surface area contributed by atoms with Crippen LogP contribution >= 0.6 is 11.3 Å². The lowest BCUT2D eigenvalue weighted by Gasteiger charge is -2.06. The Morgan fingerprint density at radius 2 is 2.26 bits per heavy atom. The van der Waals surface area contributed by atoms with Crippen molar-refractivity contribution >= 4 is 27.5 Å². The topological polar surface area (TPSA) is 56.7 Å². The zero-order chi connectivity index (χ0) is 13.4. The molecule has 0 fully saturated rings. The Morgan fingerprint density at radius 3 is 2.95 bits per heavy atom. The molecule has 3 rings (SSSR count). The third-order valence-electron chi connectivity index (χ3n) is 3.08. The van der Waals surface area contributed by atoms with E-state index in [4.69, 9.17) is 10.7 Å². The first-order valence-electron chi connectivity index (χ1n) is 6.38. The van der Waals surface area contributed by atoms with Crippen molar-refractivity contribution in [3.8, 4) is 11.4 Å². The van der Waals surface area contributed by atoms with Crippen molar-refractivity contribution in [2.45, 2.75) is 26.8 Å². The summed E-state index contributed by atoms with van der Waals surface area (Å²) in [5.74, 6) is 0.928. The third-order valence-corrected chi connectivity index (χ3v) is 3.96. The van der Waals surface area contributed by atoms with E-state index in [9.17, 15) is 0 Å². The number of hydrogen-bond acceptors (Lipinski definition) is 4. The van der Waals surface area contributed by atoms with Crippen molar-refractivity contribution in [3.05, 3.63) is 29.3 Å². The Bertz CT molecular complexity index is 726. The Balaban J connectivity index is 2.27. The van der Waals surface area contributed by atoms with Crippen molar-refractivity contribution in [1.29, 1.82) is 0 Å². The largest absolute Gasteiger partial charge is 0.390 e. The Morgan fingerprint density at radius 1 is 1.42 bits per heavy atom. The molecule has 0 spiro atoms. The molecule has 0 aliphatic heterocycles.